The number of hydrogen-bond acceptors (Lipinski definition) is 4. The number of ether oxygens (including phenoxy) is 1. The van der Waals surface area contributed by atoms with Crippen molar-refractivity contribution in [2.45, 2.75) is 6.42 Å². The lowest BCUT2D eigenvalue weighted by atomic mass is 10.4. The molecule has 0 aliphatic carbocycles. The number of carbonyl (C=O) groups is 1. The van der Waals surface area contributed by atoms with E-state index in [1.54, 1.807) is 12.0 Å². The Balaban J connectivity index is 3.97. The van der Waals surface area contributed by atoms with Gasteiger partial charge in [-0.2, -0.15) is 5.26 Å². The first-order valence-electron chi connectivity index (χ1n) is 4.21. The van der Waals surface area contributed by atoms with Gasteiger partial charge in [0.2, 0.25) is 0 Å². The molecule has 0 spiro atoms. The summed E-state index contributed by atoms with van der Waals surface area (Å²) in [5, 5.41) is 16.8. The SMILES string of the molecule is COCCN(C=CC(=O)O)CCC#N. The van der Waals surface area contributed by atoms with Crippen LogP contribution in [0.3, 0.4) is 0 Å². The first kappa shape index (κ1) is 12.5. The van der Waals surface area contributed by atoms with Gasteiger partial charge in [-0.1, -0.05) is 0 Å². The van der Waals surface area contributed by atoms with Gasteiger partial charge in [0.1, 0.15) is 0 Å². The molecule has 0 unspecified atom stereocenters. The van der Waals surface area contributed by atoms with Crippen LogP contribution in [-0.2, 0) is 9.53 Å². The monoisotopic (exact) mass is 198 g/mol. The van der Waals surface area contributed by atoms with Crippen molar-refractivity contribution < 1.29 is 14.6 Å². The topological polar surface area (TPSA) is 73.6 Å². The van der Waals surface area contributed by atoms with Gasteiger partial charge in [0.05, 0.1) is 19.1 Å². The Kier molecular flexibility index (Phi) is 7.19. The van der Waals surface area contributed by atoms with E-state index in [4.69, 9.17) is 15.1 Å². The molecule has 0 fully saturated rings. The lowest BCUT2D eigenvalue weighted by Crippen LogP contribution is -2.23. The van der Waals surface area contributed by atoms with Crippen LogP contribution < -0.4 is 0 Å². The van der Waals surface area contributed by atoms with Crippen LogP contribution in [0.25, 0.3) is 0 Å². The first-order valence-corrected chi connectivity index (χ1v) is 4.21. The van der Waals surface area contributed by atoms with E-state index < -0.39 is 5.97 Å². The number of carboxylic acids is 1. The molecule has 0 bridgehead atoms. The van der Waals surface area contributed by atoms with Crippen LogP contribution in [0, 0.1) is 11.3 Å². The molecule has 0 aliphatic heterocycles. The lowest BCUT2D eigenvalue weighted by Gasteiger charge is -2.17. The van der Waals surface area contributed by atoms with Crippen LogP contribution in [0.1, 0.15) is 6.42 Å². The zero-order valence-corrected chi connectivity index (χ0v) is 8.14. The highest BCUT2D eigenvalue weighted by atomic mass is 16.5. The zero-order chi connectivity index (χ0) is 10.8. The smallest absolute Gasteiger partial charge is 0.329 e. The summed E-state index contributed by atoms with van der Waals surface area (Å²) in [7, 11) is 1.57. The third kappa shape index (κ3) is 7.13. The molecule has 1 N–H and O–H groups in total. The minimum absolute atomic E-state index is 0.369. The van der Waals surface area contributed by atoms with E-state index in [-0.39, 0.29) is 0 Å². The van der Waals surface area contributed by atoms with Gasteiger partial charge >= 0.3 is 5.97 Å². The van der Waals surface area contributed by atoms with Gasteiger partial charge in [-0.25, -0.2) is 4.79 Å². The molecule has 78 valence electrons. The minimum atomic E-state index is -0.996. The summed E-state index contributed by atoms with van der Waals surface area (Å²) < 4.78 is 4.85. The van der Waals surface area contributed by atoms with Crippen molar-refractivity contribution in [2.75, 3.05) is 26.8 Å². The Morgan fingerprint density at radius 1 is 1.64 bits per heavy atom. The molecule has 5 heteroatoms. The van der Waals surface area contributed by atoms with E-state index >= 15 is 0 Å². The first-order chi connectivity index (χ1) is 6.70. The Morgan fingerprint density at radius 3 is 2.86 bits per heavy atom. The van der Waals surface area contributed by atoms with E-state index in [1.165, 1.54) is 6.20 Å². The molecule has 0 aliphatic rings. The fourth-order valence-electron chi connectivity index (χ4n) is 0.832. The molecule has 0 aromatic carbocycles. The highest BCUT2D eigenvalue weighted by Gasteiger charge is 1.98. The Bertz CT molecular complexity index is 233. The Labute approximate surface area is 83.2 Å². The predicted molar refractivity (Wildman–Crippen MR) is 50.5 cm³/mol. The van der Waals surface area contributed by atoms with E-state index in [9.17, 15) is 4.79 Å². The number of nitrogens with zero attached hydrogens (tertiary/aromatic N) is 2. The third-order valence-electron chi connectivity index (χ3n) is 1.52. The molecule has 0 heterocycles. The van der Waals surface area contributed by atoms with Gasteiger partial charge < -0.3 is 14.7 Å². The largest absolute Gasteiger partial charge is 0.478 e. The maximum Gasteiger partial charge on any atom is 0.329 e. The van der Waals surface area contributed by atoms with Crippen molar-refractivity contribution in [3.05, 3.63) is 12.3 Å². The van der Waals surface area contributed by atoms with E-state index in [2.05, 4.69) is 0 Å². The van der Waals surface area contributed by atoms with Crippen LogP contribution >= 0.6 is 0 Å². The second-order valence-electron chi connectivity index (χ2n) is 2.59. The van der Waals surface area contributed by atoms with Crippen LogP contribution in [0.4, 0.5) is 0 Å². The lowest BCUT2D eigenvalue weighted by molar-refractivity contribution is -0.131. The quantitative estimate of drug-likeness (QED) is 0.601. The molecule has 0 rings (SSSR count). The maximum atomic E-state index is 10.2. The molecule has 14 heavy (non-hydrogen) atoms. The minimum Gasteiger partial charge on any atom is -0.478 e. The van der Waals surface area contributed by atoms with Crippen molar-refractivity contribution in [3.63, 3.8) is 0 Å². The van der Waals surface area contributed by atoms with Gasteiger partial charge in [-0.3, -0.25) is 0 Å². The summed E-state index contributed by atoms with van der Waals surface area (Å²) in [6, 6.07) is 2.00. The molecule has 0 saturated heterocycles. The fourth-order valence-corrected chi connectivity index (χ4v) is 0.832. The second kappa shape index (κ2) is 8.08. The van der Waals surface area contributed by atoms with E-state index in [0.717, 1.165) is 6.08 Å². The summed E-state index contributed by atoms with van der Waals surface area (Å²) in [6.07, 6.45) is 2.87. The number of hydrogen-bond donors (Lipinski definition) is 1. The van der Waals surface area contributed by atoms with Crippen LogP contribution in [0.15, 0.2) is 12.3 Å². The zero-order valence-electron chi connectivity index (χ0n) is 8.14. The van der Waals surface area contributed by atoms with E-state index in [0.29, 0.717) is 26.1 Å². The molecule has 0 atom stereocenters. The van der Waals surface area contributed by atoms with Crippen LogP contribution in [0.2, 0.25) is 0 Å². The fraction of sp³-hybridized carbons (Fsp3) is 0.556. The highest BCUT2D eigenvalue weighted by molar-refractivity contribution is 5.79. The van der Waals surface area contributed by atoms with Crippen molar-refractivity contribution in [3.8, 4) is 6.07 Å². The second-order valence-corrected chi connectivity index (χ2v) is 2.59. The molecule has 0 amide bonds. The number of nitriles is 1. The number of rotatable bonds is 7. The van der Waals surface area contributed by atoms with Crippen molar-refractivity contribution in [2.24, 2.45) is 0 Å². The van der Waals surface area contributed by atoms with Crippen molar-refractivity contribution in [1.29, 1.82) is 5.26 Å². The van der Waals surface area contributed by atoms with Crippen molar-refractivity contribution in [1.82, 2.24) is 4.90 Å². The molecule has 5 nitrogen and oxygen atoms in total. The number of aliphatic carboxylic acids is 1. The summed E-state index contributed by atoms with van der Waals surface area (Å²) >= 11 is 0. The molecule has 0 saturated carbocycles. The number of carboxylic acid groups (broad SMARTS) is 1. The third-order valence-corrected chi connectivity index (χ3v) is 1.52. The average Bonchev–Trinajstić information content (AvgIpc) is 2.16. The Morgan fingerprint density at radius 2 is 2.36 bits per heavy atom. The standard InChI is InChI=1S/C9H14N2O3/c1-14-8-7-11(5-2-4-10)6-3-9(12)13/h3,6H,2,5,7-8H2,1H3,(H,12,13). The Hall–Kier alpha value is -1.54. The summed E-state index contributed by atoms with van der Waals surface area (Å²) in [6.45, 7) is 1.61. The molecular formula is C9H14N2O3. The summed E-state index contributed by atoms with van der Waals surface area (Å²) in [4.78, 5) is 12.0. The number of methoxy groups -OCH3 is 1. The van der Waals surface area contributed by atoms with Gasteiger partial charge in [0.15, 0.2) is 0 Å². The van der Waals surface area contributed by atoms with Crippen LogP contribution in [0.5, 0.6) is 0 Å². The van der Waals surface area contributed by atoms with Crippen LogP contribution in [-0.4, -0.2) is 42.8 Å². The molecule has 0 aromatic rings. The van der Waals surface area contributed by atoms with Gasteiger partial charge in [-0.15, -0.1) is 0 Å². The summed E-state index contributed by atoms with van der Waals surface area (Å²) in [5.74, 6) is -0.996. The van der Waals surface area contributed by atoms with Gasteiger partial charge in [0, 0.05) is 32.5 Å². The molecule has 0 radical (unpaired) electrons. The predicted octanol–water partition coefficient (Wildman–Crippen LogP) is 0.447. The van der Waals surface area contributed by atoms with Gasteiger partial charge in [0.25, 0.3) is 0 Å². The van der Waals surface area contributed by atoms with E-state index in [1.807, 2.05) is 6.07 Å². The highest BCUT2D eigenvalue weighted by Crippen LogP contribution is 1.93. The maximum absolute atomic E-state index is 10.2. The molecular weight excluding hydrogens is 184 g/mol. The van der Waals surface area contributed by atoms with Crippen molar-refractivity contribution >= 4 is 5.97 Å². The normalized spacial score (nSPS) is 10.0. The van der Waals surface area contributed by atoms with Gasteiger partial charge in [-0.05, 0) is 0 Å². The molecule has 0 aromatic heterocycles. The average molecular weight is 198 g/mol. The summed E-state index contributed by atoms with van der Waals surface area (Å²) in [5.41, 5.74) is 0.